The molecule has 2 aromatic heterocycles. The van der Waals surface area contributed by atoms with Gasteiger partial charge in [0.05, 0.1) is 5.69 Å². The Balaban J connectivity index is 2.28. The van der Waals surface area contributed by atoms with E-state index < -0.39 is 0 Å². The lowest BCUT2D eigenvalue weighted by molar-refractivity contribution is 0.388. The van der Waals surface area contributed by atoms with Crippen molar-refractivity contribution in [1.82, 2.24) is 4.98 Å². The van der Waals surface area contributed by atoms with E-state index in [2.05, 4.69) is 69.0 Å². The zero-order valence-electron chi connectivity index (χ0n) is 16.4. The summed E-state index contributed by atoms with van der Waals surface area (Å²) in [6, 6.07) is 10.3. The highest BCUT2D eigenvalue weighted by Crippen LogP contribution is 2.38. The van der Waals surface area contributed by atoms with Crippen LogP contribution in [0.15, 0.2) is 34.7 Å². The third kappa shape index (κ3) is 3.55. The molecule has 0 saturated heterocycles. The van der Waals surface area contributed by atoms with E-state index in [-0.39, 0.29) is 10.8 Å². The Labute approximate surface area is 163 Å². The third-order valence-electron chi connectivity index (χ3n) is 5.13. The summed E-state index contributed by atoms with van der Waals surface area (Å²) in [4.78, 5) is 4.91. The second-order valence-corrected chi connectivity index (χ2v) is 9.63. The molecule has 3 aromatic rings. The maximum Gasteiger partial charge on any atom is 0.156 e. The van der Waals surface area contributed by atoms with E-state index in [4.69, 9.17) is 21.0 Å². The van der Waals surface area contributed by atoms with Gasteiger partial charge in [-0.2, -0.15) is 0 Å². The minimum atomic E-state index is -0.0440. The fourth-order valence-corrected chi connectivity index (χ4v) is 3.33. The summed E-state index contributed by atoms with van der Waals surface area (Å²) in [6.07, 6.45) is 1.01. The number of hydrogen-bond acceptors (Lipinski definition) is 2. The molecule has 0 N–H and O–H groups in total. The van der Waals surface area contributed by atoms with Crippen molar-refractivity contribution in [3.05, 3.63) is 46.7 Å². The van der Waals surface area contributed by atoms with E-state index in [9.17, 15) is 0 Å². The highest BCUT2D eigenvalue weighted by Gasteiger charge is 2.27. The lowest BCUT2D eigenvalue weighted by Gasteiger charge is -2.21. The second-order valence-electron chi connectivity index (χ2n) is 8.60. The lowest BCUT2D eigenvalue weighted by Crippen LogP contribution is -2.14. The van der Waals surface area contributed by atoms with Crippen LogP contribution in [0.1, 0.15) is 59.3 Å². The van der Waals surface area contributed by atoms with Gasteiger partial charge in [-0.15, -0.1) is 9.24 Å². The molecular weight excluding hydrogens is 361 g/mol. The smallest absolute Gasteiger partial charge is 0.156 e. The van der Waals surface area contributed by atoms with E-state index in [1.54, 1.807) is 0 Å². The monoisotopic (exact) mass is 387 g/mol. The Kier molecular flexibility index (Phi) is 4.97. The summed E-state index contributed by atoms with van der Waals surface area (Å²) in [7, 11) is 2.68. The van der Waals surface area contributed by atoms with Gasteiger partial charge in [0.25, 0.3) is 0 Å². The maximum absolute atomic E-state index is 6.33. The third-order valence-corrected chi connectivity index (χ3v) is 6.13. The normalized spacial score (nSPS) is 12.8. The minimum absolute atomic E-state index is 0.0104. The highest BCUT2D eigenvalue weighted by molar-refractivity contribution is 7.28. The molecule has 1 atom stereocenters. The van der Waals surface area contributed by atoms with E-state index in [1.807, 2.05) is 12.1 Å². The van der Waals surface area contributed by atoms with Crippen LogP contribution in [0.25, 0.3) is 22.4 Å². The number of fused-ring (bicyclic) bond motifs is 1. The van der Waals surface area contributed by atoms with Gasteiger partial charge in [-0.25, -0.2) is 4.98 Å². The van der Waals surface area contributed by atoms with Crippen molar-refractivity contribution in [3.8, 4) is 11.3 Å². The van der Waals surface area contributed by atoms with Crippen LogP contribution in [-0.2, 0) is 10.8 Å². The Hall–Kier alpha value is -1.37. The van der Waals surface area contributed by atoms with Crippen molar-refractivity contribution >= 4 is 37.2 Å². The fraction of sp³-hybridized carbons (Fsp3) is 0.409. The molecule has 2 nitrogen and oxygen atoms in total. The second kappa shape index (κ2) is 6.66. The average molecular weight is 388 g/mol. The van der Waals surface area contributed by atoms with Gasteiger partial charge in [-0.1, -0.05) is 59.2 Å². The summed E-state index contributed by atoms with van der Waals surface area (Å²) in [5.41, 5.74) is 4.95. The summed E-state index contributed by atoms with van der Waals surface area (Å²) < 4.78 is 6.33. The number of benzene rings is 1. The van der Waals surface area contributed by atoms with Crippen LogP contribution in [0.2, 0.25) is 5.02 Å². The molecule has 138 valence electrons. The molecule has 0 saturated carbocycles. The summed E-state index contributed by atoms with van der Waals surface area (Å²) in [6.45, 7) is 13.2. The predicted octanol–water partition coefficient (Wildman–Crippen LogP) is 6.63. The first-order valence-electron chi connectivity index (χ1n) is 9.04. The van der Waals surface area contributed by atoms with Gasteiger partial charge in [0.2, 0.25) is 0 Å². The number of rotatable bonds is 3. The number of nitrogens with zero attached hydrogens (tertiary/aromatic N) is 1. The molecule has 0 fully saturated rings. The molecule has 2 heterocycles. The molecule has 1 unspecified atom stereocenters. The Bertz CT molecular complexity index is 966. The van der Waals surface area contributed by atoms with E-state index in [1.165, 1.54) is 5.56 Å². The van der Waals surface area contributed by atoms with Crippen molar-refractivity contribution in [2.45, 2.75) is 58.8 Å². The SMILES string of the molecule is CCC(C)(C)c1cc2nc(-c3ccc(Cl)c(P)c3)cc(C(C)(C)C)c2o1. The van der Waals surface area contributed by atoms with E-state index in [0.717, 1.165) is 44.9 Å². The van der Waals surface area contributed by atoms with Crippen molar-refractivity contribution in [1.29, 1.82) is 0 Å². The molecule has 0 spiro atoms. The first kappa shape index (κ1) is 19.4. The first-order chi connectivity index (χ1) is 12.0. The fourth-order valence-electron chi connectivity index (χ4n) is 2.94. The van der Waals surface area contributed by atoms with Crippen molar-refractivity contribution in [2.75, 3.05) is 0 Å². The zero-order valence-corrected chi connectivity index (χ0v) is 18.3. The molecule has 0 amide bonds. The largest absolute Gasteiger partial charge is 0.458 e. The molecule has 26 heavy (non-hydrogen) atoms. The van der Waals surface area contributed by atoms with E-state index >= 15 is 0 Å². The molecule has 3 rings (SSSR count). The van der Waals surface area contributed by atoms with Gasteiger partial charge in [-0.3, -0.25) is 0 Å². The molecule has 0 radical (unpaired) electrons. The predicted molar refractivity (Wildman–Crippen MR) is 116 cm³/mol. The van der Waals surface area contributed by atoms with Crippen LogP contribution in [0, 0.1) is 0 Å². The quantitative estimate of drug-likeness (QED) is 0.471. The van der Waals surface area contributed by atoms with Crippen molar-refractivity contribution in [2.24, 2.45) is 0 Å². The van der Waals surface area contributed by atoms with Gasteiger partial charge >= 0.3 is 0 Å². The Morgan fingerprint density at radius 1 is 1.08 bits per heavy atom. The highest BCUT2D eigenvalue weighted by atomic mass is 35.5. The number of aromatic nitrogens is 1. The van der Waals surface area contributed by atoms with Crippen molar-refractivity contribution in [3.63, 3.8) is 0 Å². The van der Waals surface area contributed by atoms with Gasteiger partial charge in [0.1, 0.15) is 11.3 Å². The molecular formula is C22H27ClNOP. The number of furan rings is 1. The number of hydrogen-bond donors (Lipinski definition) is 0. The van der Waals surface area contributed by atoms with Gasteiger partial charge in [-0.05, 0) is 35.3 Å². The number of halogens is 1. The average Bonchev–Trinajstić information content (AvgIpc) is 3.00. The Morgan fingerprint density at radius 3 is 2.35 bits per heavy atom. The summed E-state index contributed by atoms with van der Waals surface area (Å²) in [5.74, 6) is 0.994. The van der Waals surface area contributed by atoms with Gasteiger partial charge in [0, 0.05) is 27.6 Å². The Morgan fingerprint density at radius 2 is 1.77 bits per heavy atom. The number of pyridine rings is 1. The van der Waals surface area contributed by atoms with Crippen LogP contribution < -0.4 is 5.30 Å². The van der Waals surface area contributed by atoms with Gasteiger partial charge < -0.3 is 4.42 Å². The molecule has 0 aliphatic carbocycles. The maximum atomic E-state index is 6.33. The summed E-state index contributed by atoms with van der Waals surface area (Å²) >= 11 is 6.18. The van der Waals surface area contributed by atoms with Crippen LogP contribution in [-0.4, -0.2) is 4.98 Å². The first-order valence-corrected chi connectivity index (χ1v) is 9.99. The molecule has 0 bridgehead atoms. The zero-order chi connectivity index (χ0) is 19.3. The van der Waals surface area contributed by atoms with Crippen molar-refractivity contribution < 1.29 is 4.42 Å². The summed E-state index contributed by atoms with van der Waals surface area (Å²) in [5, 5.41) is 1.72. The topological polar surface area (TPSA) is 26.0 Å². The lowest BCUT2D eigenvalue weighted by atomic mass is 9.86. The molecule has 0 aliphatic heterocycles. The van der Waals surface area contributed by atoms with Crippen LogP contribution in [0.5, 0.6) is 0 Å². The minimum Gasteiger partial charge on any atom is -0.458 e. The standard InChI is InChI=1S/C22H27ClNOP/c1-7-22(5,6)19-12-17-20(25-19)14(21(2,3)4)11-16(24-17)13-8-9-15(23)18(26)10-13/h8-12H,7,26H2,1-6H3. The molecule has 1 aromatic carbocycles. The van der Waals surface area contributed by atoms with Gasteiger partial charge in [0.15, 0.2) is 5.58 Å². The molecule has 4 heteroatoms. The van der Waals surface area contributed by atoms with E-state index in [0.29, 0.717) is 0 Å². The van der Waals surface area contributed by atoms with Crippen LogP contribution in [0.3, 0.4) is 0 Å². The van der Waals surface area contributed by atoms with Crippen LogP contribution in [0.4, 0.5) is 0 Å². The molecule has 0 aliphatic rings. The van der Waals surface area contributed by atoms with Crippen LogP contribution >= 0.6 is 20.8 Å².